The van der Waals surface area contributed by atoms with Crippen LogP contribution in [0.2, 0.25) is 0 Å². The summed E-state index contributed by atoms with van der Waals surface area (Å²) in [4.78, 5) is 23.0. The number of rotatable bonds is 9. The van der Waals surface area contributed by atoms with Crippen LogP contribution in [0.5, 0.6) is 0 Å². The molecule has 0 bridgehead atoms. The van der Waals surface area contributed by atoms with E-state index in [-0.39, 0.29) is 30.0 Å². The summed E-state index contributed by atoms with van der Waals surface area (Å²) in [6, 6.07) is 9.05. The number of carboxylic acid groups (broad SMARTS) is 1. The van der Waals surface area contributed by atoms with Gasteiger partial charge in [-0.25, -0.2) is 13.2 Å². The number of aliphatic carboxylic acids is 1. The molecule has 0 radical (unpaired) electrons. The van der Waals surface area contributed by atoms with Gasteiger partial charge in [0.1, 0.15) is 9.84 Å². The number of urea groups is 1. The minimum absolute atomic E-state index is 0.00563. The largest absolute Gasteiger partial charge is 0.481 e. The van der Waals surface area contributed by atoms with E-state index in [1.165, 1.54) is 0 Å². The molecule has 1 atom stereocenters. The number of amides is 2. The third kappa shape index (κ3) is 8.43. The van der Waals surface area contributed by atoms with E-state index < -0.39 is 15.8 Å². The Morgan fingerprint density at radius 2 is 1.81 bits per heavy atom. The van der Waals surface area contributed by atoms with Crippen LogP contribution < -0.4 is 10.6 Å². The Kier molecular flexibility index (Phi) is 8.09. The molecule has 7 nitrogen and oxygen atoms in total. The first-order valence-corrected chi connectivity index (χ1v) is 11.2. The lowest BCUT2D eigenvalue weighted by Crippen LogP contribution is -2.44. The molecule has 27 heavy (non-hydrogen) atoms. The Morgan fingerprint density at radius 3 is 2.44 bits per heavy atom. The second kappa shape index (κ2) is 10.3. The number of nitrogens with one attached hydrogen (secondary N) is 2. The summed E-state index contributed by atoms with van der Waals surface area (Å²) in [7, 11) is -2.86. The summed E-state index contributed by atoms with van der Waals surface area (Å²) >= 11 is 0. The van der Waals surface area contributed by atoms with Gasteiger partial charge in [-0.15, -0.1) is 0 Å². The van der Waals surface area contributed by atoms with Crippen molar-refractivity contribution in [1.29, 1.82) is 0 Å². The molecule has 1 aromatic carbocycles. The third-order valence-electron chi connectivity index (χ3n) is 4.88. The highest BCUT2D eigenvalue weighted by Gasteiger charge is 2.23. The first-order chi connectivity index (χ1) is 12.8. The van der Waals surface area contributed by atoms with Crippen molar-refractivity contribution in [3.05, 3.63) is 35.9 Å². The third-order valence-corrected chi connectivity index (χ3v) is 6.59. The molecule has 2 amide bonds. The highest BCUT2D eigenvalue weighted by Crippen LogP contribution is 2.21. The van der Waals surface area contributed by atoms with Crippen molar-refractivity contribution < 1.29 is 23.1 Å². The molecule has 0 aromatic heterocycles. The van der Waals surface area contributed by atoms with Crippen LogP contribution in [-0.4, -0.2) is 49.6 Å². The summed E-state index contributed by atoms with van der Waals surface area (Å²) < 4.78 is 22.9. The maximum atomic E-state index is 12.2. The van der Waals surface area contributed by atoms with Gasteiger partial charge in [0.2, 0.25) is 0 Å². The number of benzene rings is 1. The molecule has 0 spiro atoms. The van der Waals surface area contributed by atoms with E-state index in [9.17, 15) is 18.0 Å². The highest BCUT2D eigenvalue weighted by molar-refractivity contribution is 7.91. The van der Waals surface area contributed by atoms with Gasteiger partial charge in [-0.1, -0.05) is 30.3 Å². The van der Waals surface area contributed by atoms with E-state index in [1.54, 1.807) is 0 Å². The summed E-state index contributed by atoms with van der Waals surface area (Å²) in [6.45, 7) is 0.480. The van der Waals surface area contributed by atoms with Crippen molar-refractivity contribution >= 4 is 21.8 Å². The monoisotopic (exact) mass is 396 g/mol. The van der Waals surface area contributed by atoms with E-state index in [1.807, 2.05) is 30.3 Å². The van der Waals surface area contributed by atoms with E-state index in [4.69, 9.17) is 5.11 Å². The molecule has 1 aliphatic heterocycles. The second-order valence-electron chi connectivity index (χ2n) is 7.10. The van der Waals surface area contributed by atoms with Crippen LogP contribution in [0.15, 0.2) is 30.3 Å². The van der Waals surface area contributed by atoms with Crippen LogP contribution >= 0.6 is 0 Å². The summed E-state index contributed by atoms with van der Waals surface area (Å²) in [5, 5.41) is 14.6. The van der Waals surface area contributed by atoms with Gasteiger partial charge in [0.25, 0.3) is 0 Å². The van der Waals surface area contributed by atoms with Gasteiger partial charge < -0.3 is 15.7 Å². The van der Waals surface area contributed by atoms with Crippen molar-refractivity contribution in [1.82, 2.24) is 10.6 Å². The Morgan fingerprint density at radius 1 is 1.15 bits per heavy atom. The minimum atomic E-state index is -2.86. The van der Waals surface area contributed by atoms with Crippen LogP contribution in [0.25, 0.3) is 0 Å². The number of carbonyl (C=O) groups is 2. The maximum Gasteiger partial charge on any atom is 0.315 e. The summed E-state index contributed by atoms with van der Waals surface area (Å²) in [5.41, 5.74) is 1.04. The fraction of sp³-hybridized carbons (Fsp3) is 0.579. The number of hydrogen-bond acceptors (Lipinski definition) is 4. The zero-order valence-electron chi connectivity index (χ0n) is 15.4. The molecule has 3 N–H and O–H groups in total. The van der Waals surface area contributed by atoms with E-state index >= 15 is 0 Å². The predicted molar refractivity (Wildman–Crippen MR) is 103 cm³/mol. The molecule has 150 valence electrons. The average Bonchev–Trinajstić information content (AvgIpc) is 2.62. The van der Waals surface area contributed by atoms with Gasteiger partial charge in [-0.2, -0.15) is 0 Å². The zero-order chi connectivity index (χ0) is 19.7. The molecular formula is C19H28N2O5S. The van der Waals surface area contributed by atoms with Gasteiger partial charge >= 0.3 is 12.0 Å². The van der Waals surface area contributed by atoms with Crippen molar-refractivity contribution in [2.45, 2.75) is 44.6 Å². The van der Waals surface area contributed by atoms with Crippen LogP contribution in [-0.2, 0) is 21.1 Å². The Labute approximate surface area is 160 Å². The molecule has 1 heterocycles. The molecular weight excluding hydrogens is 368 g/mol. The normalized spacial score (nSPS) is 17.8. The van der Waals surface area contributed by atoms with Crippen LogP contribution in [0.1, 0.15) is 37.7 Å². The average molecular weight is 397 g/mol. The van der Waals surface area contributed by atoms with Crippen LogP contribution in [0, 0.1) is 5.92 Å². The fourth-order valence-electron chi connectivity index (χ4n) is 3.28. The quantitative estimate of drug-likeness (QED) is 0.591. The van der Waals surface area contributed by atoms with E-state index in [0.717, 1.165) is 12.0 Å². The summed E-state index contributed by atoms with van der Waals surface area (Å²) in [6.07, 6.45) is 2.98. The second-order valence-corrected chi connectivity index (χ2v) is 9.41. The predicted octanol–water partition coefficient (Wildman–Crippen LogP) is 1.98. The fourth-order valence-corrected chi connectivity index (χ4v) is 4.86. The summed E-state index contributed by atoms with van der Waals surface area (Å²) in [5.74, 6) is -0.0976. The molecule has 0 saturated carbocycles. The zero-order valence-corrected chi connectivity index (χ0v) is 16.2. The standard InChI is InChI=1S/C19H28N2O5S/c22-18(23)7-6-17(14-16-4-2-1-3-5-16)21-19(24)20-11-8-15-9-12-27(25,26)13-10-15/h1-5,15,17H,6-14H2,(H,22,23)(H2,20,21,24). The highest BCUT2D eigenvalue weighted by atomic mass is 32.2. The SMILES string of the molecule is O=C(O)CCC(Cc1ccccc1)NC(=O)NCCC1CCS(=O)(=O)CC1. The Hall–Kier alpha value is -2.09. The first-order valence-electron chi connectivity index (χ1n) is 9.34. The van der Waals surface area contributed by atoms with Gasteiger partial charge in [0.05, 0.1) is 11.5 Å². The number of sulfone groups is 1. The number of hydrogen-bond donors (Lipinski definition) is 3. The molecule has 0 aliphatic carbocycles. The van der Waals surface area contributed by atoms with Crippen LogP contribution in [0.3, 0.4) is 0 Å². The van der Waals surface area contributed by atoms with E-state index in [0.29, 0.717) is 38.1 Å². The van der Waals surface area contributed by atoms with Crippen LogP contribution in [0.4, 0.5) is 4.79 Å². The Balaban J connectivity index is 1.76. The number of carboxylic acids is 1. The first kappa shape index (κ1) is 21.2. The van der Waals surface area contributed by atoms with Gasteiger partial charge in [0.15, 0.2) is 0 Å². The molecule has 1 aromatic rings. The molecule has 1 fully saturated rings. The lowest BCUT2D eigenvalue weighted by Gasteiger charge is -2.22. The topological polar surface area (TPSA) is 113 Å². The molecule has 1 saturated heterocycles. The van der Waals surface area contributed by atoms with Gasteiger partial charge in [0, 0.05) is 19.0 Å². The van der Waals surface area contributed by atoms with Crippen molar-refractivity contribution in [2.24, 2.45) is 5.92 Å². The smallest absolute Gasteiger partial charge is 0.315 e. The molecule has 1 unspecified atom stereocenters. The molecule has 8 heteroatoms. The van der Waals surface area contributed by atoms with Gasteiger partial charge in [-0.3, -0.25) is 4.79 Å². The van der Waals surface area contributed by atoms with Gasteiger partial charge in [-0.05, 0) is 43.6 Å². The van der Waals surface area contributed by atoms with E-state index in [2.05, 4.69) is 10.6 Å². The lowest BCUT2D eigenvalue weighted by atomic mass is 9.99. The molecule has 1 aliphatic rings. The number of carbonyl (C=O) groups excluding carboxylic acids is 1. The van der Waals surface area contributed by atoms with Crippen molar-refractivity contribution in [2.75, 3.05) is 18.1 Å². The minimum Gasteiger partial charge on any atom is -0.481 e. The van der Waals surface area contributed by atoms with Crippen molar-refractivity contribution in [3.8, 4) is 0 Å². The van der Waals surface area contributed by atoms with Crippen molar-refractivity contribution in [3.63, 3.8) is 0 Å². The lowest BCUT2D eigenvalue weighted by molar-refractivity contribution is -0.137. The molecule has 2 rings (SSSR count). The Bertz CT molecular complexity index is 707. The maximum absolute atomic E-state index is 12.2.